The van der Waals surface area contributed by atoms with Gasteiger partial charge in [-0.3, -0.25) is 0 Å². The SMILES string of the molecule is O=S(=O)(NNCCc1nc2ccccc2[nH]1)c1ccccc1. The number of benzene rings is 2. The van der Waals surface area contributed by atoms with E-state index in [0.717, 1.165) is 16.9 Å². The number of H-pyrrole nitrogens is 1. The zero-order valence-electron chi connectivity index (χ0n) is 11.8. The number of hydrogen-bond acceptors (Lipinski definition) is 4. The summed E-state index contributed by atoms with van der Waals surface area (Å²) in [5.74, 6) is 0.813. The molecule has 22 heavy (non-hydrogen) atoms. The molecule has 0 radical (unpaired) electrons. The topological polar surface area (TPSA) is 86.9 Å². The number of aromatic nitrogens is 2. The molecular weight excluding hydrogens is 300 g/mol. The molecule has 0 spiro atoms. The van der Waals surface area contributed by atoms with E-state index < -0.39 is 10.0 Å². The minimum atomic E-state index is -3.53. The zero-order chi connectivity index (χ0) is 15.4. The molecule has 0 atom stereocenters. The van der Waals surface area contributed by atoms with Crippen LogP contribution in [0.5, 0.6) is 0 Å². The van der Waals surface area contributed by atoms with Crippen LogP contribution >= 0.6 is 0 Å². The number of para-hydroxylation sites is 2. The largest absolute Gasteiger partial charge is 0.342 e. The quantitative estimate of drug-likeness (QED) is 0.476. The molecule has 114 valence electrons. The maximum atomic E-state index is 12.0. The predicted molar refractivity (Wildman–Crippen MR) is 84.6 cm³/mol. The van der Waals surface area contributed by atoms with Crippen molar-refractivity contribution in [3.63, 3.8) is 0 Å². The summed E-state index contributed by atoms with van der Waals surface area (Å²) in [6.07, 6.45) is 0.589. The lowest BCUT2D eigenvalue weighted by atomic mass is 10.3. The molecule has 0 aliphatic rings. The molecule has 3 rings (SSSR count). The summed E-state index contributed by atoms with van der Waals surface area (Å²) in [6, 6.07) is 16.0. The van der Waals surface area contributed by atoms with Crippen molar-refractivity contribution in [1.82, 2.24) is 20.2 Å². The van der Waals surface area contributed by atoms with Gasteiger partial charge in [-0.1, -0.05) is 30.3 Å². The summed E-state index contributed by atoms with van der Waals surface area (Å²) >= 11 is 0. The van der Waals surface area contributed by atoms with Crippen molar-refractivity contribution < 1.29 is 8.42 Å². The second-order valence-electron chi connectivity index (χ2n) is 4.80. The third-order valence-electron chi connectivity index (χ3n) is 3.19. The monoisotopic (exact) mass is 316 g/mol. The van der Waals surface area contributed by atoms with Crippen LogP contribution in [0.15, 0.2) is 59.5 Å². The van der Waals surface area contributed by atoms with Crippen LogP contribution in [-0.4, -0.2) is 24.9 Å². The molecule has 0 aliphatic carbocycles. The first-order chi connectivity index (χ1) is 10.6. The number of sulfonamides is 1. The Morgan fingerprint density at radius 3 is 2.50 bits per heavy atom. The van der Waals surface area contributed by atoms with E-state index in [-0.39, 0.29) is 4.90 Å². The molecule has 0 fully saturated rings. The summed E-state index contributed by atoms with van der Waals surface area (Å²) < 4.78 is 24.0. The molecule has 0 amide bonds. The number of aromatic amines is 1. The van der Waals surface area contributed by atoms with Gasteiger partial charge >= 0.3 is 0 Å². The summed E-state index contributed by atoms with van der Waals surface area (Å²) in [5, 5.41) is 0. The van der Waals surface area contributed by atoms with Crippen LogP contribution in [0.2, 0.25) is 0 Å². The highest BCUT2D eigenvalue weighted by Crippen LogP contribution is 2.10. The number of imidazole rings is 1. The van der Waals surface area contributed by atoms with E-state index in [9.17, 15) is 8.42 Å². The highest BCUT2D eigenvalue weighted by molar-refractivity contribution is 7.89. The zero-order valence-corrected chi connectivity index (χ0v) is 12.6. The van der Waals surface area contributed by atoms with Crippen molar-refractivity contribution >= 4 is 21.1 Å². The maximum absolute atomic E-state index is 12.0. The van der Waals surface area contributed by atoms with Crippen LogP contribution in [0.25, 0.3) is 11.0 Å². The van der Waals surface area contributed by atoms with Crippen molar-refractivity contribution in [3.8, 4) is 0 Å². The van der Waals surface area contributed by atoms with Gasteiger partial charge in [0.15, 0.2) is 0 Å². The molecule has 0 bridgehead atoms. The lowest BCUT2D eigenvalue weighted by Gasteiger charge is -2.07. The average molecular weight is 316 g/mol. The number of nitrogens with one attached hydrogen (secondary N) is 3. The number of nitrogens with zero attached hydrogens (tertiary/aromatic N) is 1. The standard InChI is InChI=1S/C15H16N4O2S/c20-22(21,12-6-2-1-3-7-12)19-16-11-10-15-17-13-8-4-5-9-14(13)18-15/h1-9,16,19H,10-11H2,(H,17,18). The Bertz CT molecular complexity index is 826. The number of hydrogen-bond donors (Lipinski definition) is 3. The Balaban J connectivity index is 1.55. The van der Waals surface area contributed by atoms with Gasteiger partial charge in [0, 0.05) is 13.0 Å². The summed E-state index contributed by atoms with van der Waals surface area (Å²) in [4.78, 5) is 10.2. The minimum absolute atomic E-state index is 0.228. The molecule has 3 aromatic rings. The van der Waals surface area contributed by atoms with Gasteiger partial charge in [0.2, 0.25) is 0 Å². The summed E-state index contributed by atoms with van der Waals surface area (Å²) in [7, 11) is -3.53. The Morgan fingerprint density at radius 2 is 1.73 bits per heavy atom. The lowest BCUT2D eigenvalue weighted by Crippen LogP contribution is -2.38. The minimum Gasteiger partial charge on any atom is -0.342 e. The molecule has 3 N–H and O–H groups in total. The molecule has 0 unspecified atom stereocenters. The van der Waals surface area contributed by atoms with E-state index in [0.29, 0.717) is 13.0 Å². The molecule has 2 aromatic carbocycles. The van der Waals surface area contributed by atoms with Crippen molar-refractivity contribution in [2.75, 3.05) is 6.54 Å². The average Bonchev–Trinajstić information content (AvgIpc) is 2.95. The van der Waals surface area contributed by atoms with Gasteiger partial charge < -0.3 is 4.98 Å². The molecular formula is C15H16N4O2S. The lowest BCUT2D eigenvalue weighted by molar-refractivity contribution is 0.554. The van der Waals surface area contributed by atoms with Gasteiger partial charge in [0.25, 0.3) is 10.0 Å². The van der Waals surface area contributed by atoms with Crippen molar-refractivity contribution in [1.29, 1.82) is 0 Å². The van der Waals surface area contributed by atoms with Crippen LogP contribution in [0.4, 0.5) is 0 Å². The fourth-order valence-electron chi connectivity index (χ4n) is 2.11. The highest BCUT2D eigenvalue weighted by Gasteiger charge is 2.12. The Morgan fingerprint density at radius 1 is 1.00 bits per heavy atom. The van der Waals surface area contributed by atoms with E-state index in [2.05, 4.69) is 20.2 Å². The van der Waals surface area contributed by atoms with Crippen LogP contribution in [0.1, 0.15) is 5.82 Å². The fraction of sp³-hybridized carbons (Fsp3) is 0.133. The Hall–Kier alpha value is -2.22. The van der Waals surface area contributed by atoms with Gasteiger partial charge in [-0.25, -0.2) is 18.8 Å². The van der Waals surface area contributed by atoms with Crippen molar-refractivity contribution in [2.45, 2.75) is 11.3 Å². The predicted octanol–water partition coefficient (Wildman–Crippen LogP) is 1.59. The van der Waals surface area contributed by atoms with E-state index in [1.54, 1.807) is 30.3 Å². The van der Waals surface area contributed by atoms with Gasteiger partial charge in [-0.15, -0.1) is 4.83 Å². The second-order valence-corrected chi connectivity index (χ2v) is 6.48. The first kappa shape index (κ1) is 14.7. The van der Waals surface area contributed by atoms with Crippen molar-refractivity contribution in [2.24, 2.45) is 0 Å². The first-order valence-corrected chi connectivity index (χ1v) is 8.37. The molecule has 6 nitrogen and oxygen atoms in total. The summed E-state index contributed by atoms with van der Waals surface area (Å²) in [5.41, 5.74) is 4.60. The molecule has 7 heteroatoms. The van der Waals surface area contributed by atoms with Gasteiger partial charge in [0.1, 0.15) is 5.82 Å². The molecule has 0 aliphatic heterocycles. The van der Waals surface area contributed by atoms with Gasteiger partial charge in [0.05, 0.1) is 15.9 Å². The molecule has 1 aromatic heterocycles. The Kier molecular flexibility index (Phi) is 4.19. The molecule has 0 saturated heterocycles. The van der Waals surface area contributed by atoms with Crippen molar-refractivity contribution in [3.05, 3.63) is 60.4 Å². The third kappa shape index (κ3) is 3.33. The maximum Gasteiger partial charge on any atom is 0.253 e. The van der Waals surface area contributed by atoms with Crippen LogP contribution < -0.4 is 10.3 Å². The third-order valence-corrected chi connectivity index (χ3v) is 4.49. The Labute approximate surface area is 128 Å². The van der Waals surface area contributed by atoms with E-state index in [4.69, 9.17) is 0 Å². The number of hydrazine groups is 1. The molecule has 1 heterocycles. The number of rotatable bonds is 6. The van der Waals surface area contributed by atoms with E-state index in [1.807, 2.05) is 24.3 Å². The van der Waals surface area contributed by atoms with Gasteiger partial charge in [-0.05, 0) is 24.3 Å². The fourth-order valence-corrected chi connectivity index (χ4v) is 3.03. The van der Waals surface area contributed by atoms with Gasteiger partial charge in [-0.2, -0.15) is 0 Å². The highest BCUT2D eigenvalue weighted by atomic mass is 32.2. The van der Waals surface area contributed by atoms with E-state index >= 15 is 0 Å². The second kappa shape index (κ2) is 6.27. The van der Waals surface area contributed by atoms with Crippen LogP contribution in [0.3, 0.4) is 0 Å². The van der Waals surface area contributed by atoms with Crippen LogP contribution in [0, 0.1) is 0 Å². The summed E-state index contributed by atoms with van der Waals surface area (Å²) in [6.45, 7) is 0.436. The molecule has 0 saturated carbocycles. The first-order valence-electron chi connectivity index (χ1n) is 6.88. The van der Waals surface area contributed by atoms with E-state index in [1.165, 1.54) is 0 Å². The van der Waals surface area contributed by atoms with Crippen LogP contribution in [-0.2, 0) is 16.4 Å². The normalized spacial score (nSPS) is 11.8. The number of fused-ring (bicyclic) bond motifs is 1. The smallest absolute Gasteiger partial charge is 0.253 e.